The minimum atomic E-state index is -0.999. The van der Waals surface area contributed by atoms with Gasteiger partial charge in [-0.2, -0.15) is 5.26 Å². The quantitative estimate of drug-likeness (QED) is 0.844. The molecule has 0 radical (unpaired) electrons. The van der Waals surface area contributed by atoms with Gasteiger partial charge in [0.25, 0.3) is 0 Å². The van der Waals surface area contributed by atoms with Crippen LogP contribution in [0, 0.1) is 11.3 Å². The first-order valence-corrected chi connectivity index (χ1v) is 8.96. The van der Waals surface area contributed by atoms with Gasteiger partial charge in [-0.15, -0.1) is 0 Å². The fourth-order valence-corrected chi connectivity index (χ4v) is 4.16. The molecular formula is C20H26N2O3. The van der Waals surface area contributed by atoms with E-state index in [9.17, 15) is 9.90 Å². The molecule has 1 amide bonds. The Balaban J connectivity index is 1.85. The van der Waals surface area contributed by atoms with Gasteiger partial charge in [-0.05, 0) is 57.7 Å². The van der Waals surface area contributed by atoms with Crippen molar-refractivity contribution in [2.24, 2.45) is 0 Å². The second kappa shape index (κ2) is 6.34. The van der Waals surface area contributed by atoms with Gasteiger partial charge in [0.1, 0.15) is 5.60 Å². The Morgan fingerprint density at radius 2 is 1.96 bits per heavy atom. The molecule has 2 atom stereocenters. The second-order valence-corrected chi connectivity index (χ2v) is 8.26. The maximum absolute atomic E-state index is 12.7. The normalized spacial score (nSPS) is 29.0. The summed E-state index contributed by atoms with van der Waals surface area (Å²) in [4.78, 5) is 14.5. The van der Waals surface area contributed by atoms with E-state index in [1.165, 1.54) is 0 Å². The summed E-state index contributed by atoms with van der Waals surface area (Å²) in [6.45, 7) is 5.61. The van der Waals surface area contributed by atoms with Crippen molar-refractivity contribution in [3.05, 3.63) is 35.4 Å². The number of rotatable bonds is 1. The number of carbonyl (C=O) groups is 1. The van der Waals surface area contributed by atoms with Crippen LogP contribution in [0.3, 0.4) is 0 Å². The zero-order valence-corrected chi connectivity index (χ0v) is 15.2. The Hall–Kier alpha value is -2.06. The topological polar surface area (TPSA) is 73.6 Å². The van der Waals surface area contributed by atoms with E-state index in [1.54, 1.807) is 12.1 Å². The Morgan fingerprint density at radius 1 is 1.32 bits per heavy atom. The van der Waals surface area contributed by atoms with E-state index >= 15 is 0 Å². The Kier molecular flexibility index (Phi) is 4.51. The number of aliphatic hydroxyl groups is 1. The lowest BCUT2D eigenvalue weighted by Gasteiger charge is -2.51. The fourth-order valence-electron chi connectivity index (χ4n) is 4.16. The molecular weight excluding hydrogens is 316 g/mol. The average Bonchev–Trinajstić information content (AvgIpc) is 2.52. The molecule has 1 N–H and O–H groups in total. The van der Waals surface area contributed by atoms with Gasteiger partial charge in [-0.1, -0.05) is 12.1 Å². The summed E-state index contributed by atoms with van der Waals surface area (Å²) in [7, 11) is 0. The first-order chi connectivity index (χ1) is 11.7. The smallest absolute Gasteiger partial charge is 0.410 e. The van der Waals surface area contributed by atoms with Crippen molar-refractivity contribution in [1.29, 1.82) is 5.26 Å². The standard InChI is InChI=1S/C20H26N2O3/c1-19(2,3)25-18(23)22-16-8-5-9-17(22)12-20(24,11-16)15-7-4-6-14(10-15)13-21/h4,6-7,10,16-17,24H,5,8-9,11-12H2,1-3H3. The van der Waals surface area contributed by atoms with Crippen LogP contribution in [0.5, 0.6) is 0 Å². The summed E-state index contributed by atoms with van der Waals surface area (Å²) < 4.78 is 5.59. The van der Waals surface area contributed by atoms with Gasteiger partial charge in [-0.3, -0.25) is 0 Å². The minimum Gasteiger partial charge on any atom is -0.444 e. The SMILES string of the molecule is CC(C)(C)OC(=O)N1C2CCCC1CC(O)(c1cccc(C#N)c1)C2. The molecule has 2 fully saturated rings. The maximum Gasteiger partial charge on any atom is 0.410 e. The van der Waals surface area contributed by atoms with Crippen LogP contribution in [0.1, 0.15) is 64.0 Å². The highest BCUT2D eigenvalue weighted by molar-refractivity contribution is 5.69. The van der Waals surface area contributed by atoms with Crippen molar-refractivity contribution < 1.29 is 14.6 Å². The highest BCUT2D eigenvalue weighted by Crippen LogP contribution is 2.44. The van der Waals surface area contributed by atoms with Crippen LogP contribution >= 0.6 is 0 Å². The molecule has 5 nitrogen and oxygen atoms in total. The van der Waals surface area contributed by atoms with Crippen molar-refractivity contribution in [2.45, 2.75) is 76.2 Å². The molecule has 2 bridgehead atoms. The fraction of sp³-hybridized carbons (Fsp3) is 0.600. The van der Waals surface area contributed by atoms with Crippen molar-refractivity contribution >= 4 is 6.09 Å². The van der Waals surface area contributed by atoms with Crippen LogP contribution in [0.2, 0.25) is 0 Å². The monoisotopic (exact) mass is 342 g/mol. The summed E-state index contributed by atoms with van der Waals surface area (Å²) in [5.41, 5.74) is -0.209. The Bertz CT molecular complexity index is 688. The number of nitriles is 1. The predicted molar refractivity (Wildman–Crippen MR) is 93.8 cm³/mol. The highest BCUT2D eigenvalue weighted by Gasteiger charge is 2.49. The molecule has 25 heavy (non-hydrogen) atoms. The van der Waals surface area contributed by atoms with Crippen molar-refractivity contribution in [1.82, 2.24) is 4.90 Å². The molecule has 0 aromatic heterocycles. The third-order valence-corrected chi connectivity index (χ3v) is 5.14. The van der Waals surface area contributed by atoms with Crippen molar-refractivity contribution in [2.75, 3.05) is 0 Å². The van der Waals surface area contributed by atoms with Crippen molar-refractivity contribution in [3.63, 3.8) is 0 Å². The van der Waals surface area contributed by atoms with Gasteiger partial charge in [0.15, 0.2) is 0 Å². The molecule has 0 spiro atoms. The number of fused-ring (bicyclic) bond motifs is 2. The molecule has 134 valence electrons. The average molecular weight is 342 g/mol. The lowest BCUT2D eigenvalue weighted by atomic mass is 9.72. The number of piperidine rings is 2. The summed E-state index contributed by atoms with van der Waals surface area (Å²) >= 11 is 0. The molecule has 1 aromatic rings. The number of hydrogen-bond donors (Lipinski definition) is 1. The van der Waals surface area contributed by atoms with Crippen LogP contribution in [0.15, 0.2) is 24.3 Å². The van der Waals surface area contributed by atoms with E-state index in [1.807, 2.05) is 37.8 Å². The maximum atomic E-state index is 12.7. The molecule has 5 heteroatoms. The van der Waals surface area contributed by atoms with Gasteiger partial charge in [-0.25, -0.2) is 4.79 Å². The lowest BCUT2D eigenvalue weighted by molar-refractivity contribution is -0.0965. The number of hydrogen-bond acceptors (Lipinski definition) is 4. The lowest BCUT2D eigenvalue weighted by Crippen LogP contribution is -2.59. The van der Waals surface area contributed by atoms with E-state index in [4.69, 9.17) is 10.00 Å². The molecule has 2 aliphatic heterocycles. The summed E-state index contributed by atoms with van der Waals surface area (Å²) in [6.07, 6.45) is 3.49. The van der Waals surface area contributed by atoms with Crippen LogP contribution in [-0.2, 0) is 10.3 Å². The zero-order valence-electron chi connectivity index (χ0n) is 15.2. The van der Waals surface area contributed by atoms with Crippen molar-refractivity contribution in [3.8, 4) is 6.07 Å². The van der Waals surface area contributed by atoms with Crippen LogP contribution < -0.4 is 0 Å². The van der Waals surface area contributed by atoms with E-state index in [0.29, 0.717) is 18.4 Å². The molecule has 2 unspecified atom stereocenters. The number of benzene rings is 1. The summed E-state index contributed by atoms with van der Waals surface area (Å²) in [5.74, 6) is 0. The Morgan fingerprint density at radius 3 is 2.52 bits per heavy atom. The van der Waals surface area contributed by atoms with Gasteiger partial charge in [0.2, 0.25) is 0 Å². The minimum absolute atomic E-state index is 0.0295. The summed E-state index contributed by atoms with van der Waals surface area (Å²) in [5, 5.41) is 20.4. The van der Waals surface area contributed by atoms with Crippen LogP contribution in [-0.4, -0.2) is 33.8 Å². The highest BCUT2D eigenvalue weighted by atomic mass is 16.6. The predicted octanol–water partition coefficient (Wildman–Crippen LogP) is 3.70. The number of amides is 1. The number of ether oxygens (including phenoxy) is 1. The molecule has 0 aliphatic carbocycles. The van der Waals surface area contributed by atoms with Gasteiger partial charge >= 0.3 is 6.09 Å². The molecule has 3 rings (SSSR count). The van der Waals surface area contributed by atoms with E-state index in [0.717, 1.165) is 24.8 Å². The number of nitrogens with zero attached hydrogens (tertiary/aromatic N) is 2. The molecule has 1 aromatic carbocycles. The largest absolute Gasteiger partial charge is 0.444 e. The summed E-state index contributed by atoms with van der Waals surface area (Å²) in [6, 6.07) is 9.26. The van der Waals surface area contributed by atoms with E-state index in [-0.39, 0.29) is 18.2 Å². The van der Waals surface area contributed by atoms with Gasteiger partial charge in [0, 0.05) is 24.9 Å². The van der Waals surface area contributed by atoms with Crippen LogP contribution in [0.25, 0.3) is 0 Å². The van der Waals surface area contributed by atoms with Gasteiger partial charge < -0.3 is 14.7 Å². The number of carbonyl (C=O) groups excluding carboxylic acids is 1. The Labute approximate surface area is 149 Å². The third kappa shape index (κ3) is 3.64. The molecule has 2 saturated heterocycles. The first-order valence-electron chi connectivity index (χ1n) is 8.96. The van der Waals surface area contributed by atoms with Gasteiger partial charge in [0.05, 0.1) is 17.2 Å². The third-order valence-electron chi connectivity index (χ3n) is 5.14. The molecule has 2 aliphatic rings. The zero-order chi connectivity index (χ0) is 18.2. The van der Waals surface area contributed by atoms with E-state index in [2.05, 4.69) is 6.07 Å². The molecule has 2 heterocycles. The van der Waals surface area contributed by atoms with E-state index < -0.39 is 11.2 Å². The molecule has 0 saturated carbocycles. The first kappa shape index (κ1) is 17.8. The van der Waals surface area contributed by atoms with Crippen LogP contribution in [0.4, 0.5) is 4.79 Å². The second-order valence-electron chi connectivity index (χ2n) is 8.26.